The lowest BCUT2D eigenvalue weighted by Crippen LogP contribution is -2.25. The second-order valence-corrected chi connectivity index (χ2v) is 4.47. The first kappa shape index (κ1) is 13.4. The van der Waals surface area contributed by atoms with Gasteiger partial charge in [0.2, 0.25) is 0 Å². The van der Waals surface area contributed by atoms with E-state index in [4.69, 9.17) is 9.47 Å². The van der Waals surface area contributed by atoms with Crippen LogP contribution in [0.4, 0.5) is 0 Å². The van der Waals surface area contributed by atoms with Crippen molar-refractivity contribution >= 4 is 5.78 Å². The van der Waals surface area contributed by atoms with Gasteiger partial charge in [-0.15, -0.1) is 0 Å². The van der Waals surface area contributed by atoms with Crippen LogP contribution in [0.5, 0.6) is 0 Å². The van der Waals surface area contributed by atoms with Crippen LogP contribution in [0.15, 0.2) is 11.6 Å². The summed E-state index contributed by atoms with van der Waals surface area (Å²) in [4.78, 5) is 11.5. The van der Waals surface area contributed by atoms with Crippen LogP contribution in [0.25, 0.3) is 0 Å². The molecule has 0 spiro atoms. The first-order valence-corrected chi connectivity index (χ1v) is 6.07. The van der Waals surface area contributed by atoms with E-state index in [1.54, 1.807) is 0 Å². The number of allylic oxidation sites excluding steroid dienone is 2. The van der Waals surface area contributed by atoms with Gasteiger partial charge >= 0.3 is 0 Å². The van der Waals surface area contributed by atoms with Crippen LogP contribution >= 0.6 is 0 Å². The van der Waals surface area contributed by atoms with E-state index < -0.39 is 0 Å². The summed E-state index contributed by atoms with van der Waals surface area (Å²) in [5.74, 6) is 0.159. The Morgan fingerprint density at radius 3 is 2.88 bits per heavy atom. The number of hydrogen-bond donors (Lipinski definition) is 0. The fourth-order valence-corrected chi connectivity index (χ4v) is 1.62. The lowest BCUT2D eigenvalue weighted by Gasteiger charge is -2.22. The second kappa shape index (κ2) is 7.58. The summed E-state index contributed by atoms with van der Waals surface area (Å²) in [7, 11) is 0. The van der Waals surface area contributed by atoms with Crippen molar-refractivity contribution in [3.8, 4) is 0 Å². The average Bonchev–Trinajstić information content (AvgIpc) is 2.27. The molecule has 1 saturated heterocycles. The molecule has 1 rings (SSSR count). The highest BCUT2D eigenvalue weighted by atomic mass is 16.7. The summed E-state index contributed by atoms with van der Waals surface area (Å²) in [6.45, 7) is 5.03. The molecule has 0 saturated carbocycles. The van der Waals surface area contributed by atoms with E-state index in [1.165, 1.54) is 5.57 Å². The maximum absolute atomic E-state index is 11.5. The van der Waals surface area contributed by atoms with E-state index in [9.17, 15) is 4.79 Å². The summed E-state index contributed by atoms with van der Waals surface area (Å²) in [5.41, 5.74) is 1.25. The zero-order chi connectivity index (χ0) is 11.8. The zero-order valence-corrected chi connectivity index (χ0v) is 10.3. The molecule has 3 nitrogen and oxygen atoms in total. The Bertz CT molecular complexity index is 236. The van der Waals surface area contributed by atoms with Gasteiger partial charge in [-0.3, -0.25) is 4.79 Å². The molecule has 92 valence electrons. The number of rotatable bonds is 6. The number of carbonyl (C=O) groups excluding carboxylic acids is 1. The van der Waals surface area contributed by atoms with Gasteiger partial charge in [-0.05, 0) is 39.5 Å². The van der Waals surface area contributed by atoms with Crippen LogP contribution in [0.2, 0.25) is 0 Å². The Balaban J connectivity index is 2.07. The summed E-state index contributed by atoms with van der Waals surface area (Å²) in [5, 5.41) is 0. The molecule has 0 amide bonds. The van der Waals surface area contributed by atoms with Gasteiger partial charge in [0.25, 0.3) is 0 Å². The van der Waals surface area contributed by atoms with Crippen molar-refractivity contribution in [3.05, 3.63) is 11.6 Å². The van der Waals surface area contributed by atoms with Gasteiger partial charge in [0.15, 0.2) is 12.1 Å². The first-order chi connectivity index (χ1) is 7.68. The third kappa shape index (κ3) is 6.03. The largest absolute Gasteiger partial charge is 0.353 e. The van der Waals surface area contributed by atoms with Crippen molar-refractivity contribution in [2.24, 2.45) is 0 Å². The van der Waals surface area contributed by atoms with Crippen molar-refractivity contribution in [2.75, 3.05) is 13.2 Å². The summed E-state index contributed by atoms with van der Waals surface area (Å²) in [6.07, 6.45) is 6.47. The molecular formula is C13H22O3. The minimum Gasteiger partial charge on any atom is -0.353 e. The fourth-order valence-electron chi connectivity index (χ4n) is 1.62. The molecule has 0 radical (unpaired) electrons. The Hall–Kier alpha value is -0.670. The van der Waals surface area contributed by atoms with Crippen molar-refractivity contribution in [1.29, 1.82) is 0 Å². The topological polar surface area (TPSA) is 35.5 Å². The molecule has 1 fully saturated rings. The average molecular weight is 226 g/mol. The van der Waals surface area contributed by atoms with E-state index in [0.29, 0.717) is 6.42 Å². The Morgan fingerprint density at radius 2 is 2.25 bits per heavy atom. The number of ether oxygens (including phenoxy) is 2. The normalized spacial score (nSPS) is 20.5. The quantitative estimate of drug-likeness (QED) is 0.653. The smallest absolute Gasteiger partial charge is 0.158 e. The third-order valence-electron chi connectivity index (χ3n) is 2.54. The van der Waals surface area contributed by atoms with E-state index in [1.807, 2.05) is 13.8 Å². The summed E-state index contributed by atoms with van der Waals surface area (Å²) < 4.78 is 10.8. The van der Waals surface area contributed by atoms with Gasteiger partial charge in [0, 0.05) is 13.0 Å². The number of ketones is 1. The van der Waals surface area contributed by atoms with Gasteiger partial charge < -0.3 is 9.47 Å². The molecule has 0 bridgehead atoms. The van der Waals surface area contributed by atoms with Gasteiger partial charge in [0.05, 0.1) is 0 Å². The molecule has 3 heteroatoms. The molecule has 0 aliphatic carbocycles. The van der Waals surface area contributed by atoms with Crippen LogP contribution in [0, 0.1) is 0 Å². The highest BCUT2D eigenvalue weighted by Gasteiger charge is 2.15. The first-order valence-electron chi connectivity index (χ1n) is 6.07. The van der Waals surface area contributed by atoms with E-state index in [2.05, 4.69) is 6.08 Å². The third-order valence-corrected chi connectivity index (χ3v) is 2.54. The predicted octanol–water partition coefficient (Wildman–Crippen LogP) is 2.85. The van der Waals surface area contributed by atoms with E-state index in [0.717, 1.165) is 32.3 Å². The Morgan fingerprint density at radius 1 is 1.44 bits per heavy atom. The predicted molar refractivity (Wildman–Crippen MR) is 63.2 cm³/mol. The van der Waals surface area contributed by atoms with Crippen LogP contribution in [0.1, 0.15) is 46.0 Å². The van der Waals surface area contributed by atoms with Crippen LogP contribution in [-0.2, 0) is 14.3 Å². The summed E-state index contributed by atoms with van der Waals surface area (Å²) in [6, 6.07) is 0. The Labute approximate surface area is 97.8 Å². The van der Waals surface area contributed by atoms with Gasteiger partial charge in [0.1, 0.15) is 6.61 Å². The molecular weight excluding hydrogens is 204 g/mol. The molecule has 0 N–H and O–H groups in total. The molecule has 0 aromatic heterocycles. The maximum Gasteiger partial charge on any atom is 0.158 e. The molecule has 1 heterocycles. The van der Waals surface area contributed by atoms with Crippen LogP contribution in [-0.4, -0.2) is 25.3 Å². The van der Waals surface area contributed by atoms with Crippen molar-refractivity contribution in [3.63, 3.8) is 0 Å². The van der Waals surface area contributed by atoms with E-state index in [-0.39, 0.29) is 18.7 Å². The molecule has 0 aromatic carbocycles. The number of hydrogen-bond acceptors (Lipinski definition) is 3. The SMILES string of the molecule is CC(C)=CCCC(=O)COC1CCCCO1. The molecule has 16 heavy (non-hydrogen) atoms. The maximum atomic E-state index is 11.5. The molecule has 1 unspecified atom stereocenters. The molecule has 1 aliphatic heterocycles. The zero-order valence-electron chi connectivity index (χ0n) is 10.3. The monoisotopic (exact) mass is 226 g/mol. The number of Topliss-reactive ketones (excluding diaryl/α,β-unsaturated/α-hetero) is 1. The second-order valence-electron chi connectivity index (χ2n) is 4.47. The van der Waals surface area contributed by atoms with E-state index >= 15 is 0 Å². The lowest BCUT2D eigenvalue weighted by molar-refractivity contribution is -0.169. The van der Waals surface area contributed by atoms with Crippen LogP contribution < -0.4 is 0 Å². The molecule has 1 atom stereocenters. The van der Waals surface area contributed by atoms with Gasteiger partial charge in [-0.2, -0.15) is 0 Å². The summed E-state index contributed by atoms with van der Waals surface area (Å²) >= 11 is 0. The lowest BCUT2D eigenvalue weighted by atomic mass is 10.2. The highest BCUT2D eigenvalue weighted by molar-refractivity contribution is 5.79. The van der Waals surface area contributed by atoms with Crippen LogP contribution in [0.3, 0.4) is 0 Å². The fraction of sp³-hybridized carbons (Fsp3) is 0.769. The van der Waals surface area contributed by atoms with Gasteiger partial charge in [-0.1, -0.05) is 11.6 Å². The molecule has 1 aliphatic rings. The minimum atomic E-state index is -0.152. The minimum absolute atomic E-state index is 0.152. The number of carbonyl (C=O) groups is 1. The standard InChI is InChI=1S/C13H22O3/c1-11(2)6-5-7-12(14)10-16-13-8-3-4-9-15-13/h6,13H,3-5,7-10H2,1-2H3. The van der Waals surface area contributed by atoms with Crippen molar-refractivity contribution < 1.29 is 14.3 Å². The highest BCUT2D eigenvalue weighted by Crippen LogP contribution is 2.13. The molecule has 0 aromatic rings. The van der Waals surface area contributed by atoms with Gasteiger partial charge in [-0.25, -0.2) is 0 Å². The Kier molecular flexibility index (Phi) is 6.34. The van der Waals surface area contributed by atoms with Crippen molar-refractivity contribution in [1.82, 2.24) is 0 Å². The van der Waals surface area contributed by atoms with Crippen molar-refractivity contribution in [2.45, 2.75) is 52.2 Å².